The second kappa shape index (κ2) is 6.99. The second-order valence-corrected chi connectivity index (χ2v) is 5.65. The van der Waals surface area contributed by atoms with Gasteiger partial charge in [-0.15, -0.1) is 0 Å². The molecule has 2 aromatic heterocycles. The summed E-state index contributed by atoms with van der Waals surface area (Å²) >= 11 is 16.9. The summed E-state index contributed by atoms with van der Waals surface area (Å²) in [5, 5.41) is 11.5. The van der Waals surface area contributed by atoms with E-state index in [2.05, 4.69) is 15.3 Å². The monoisotopic (exact) mass is 368 g/mol. The smallest absolute Gasteiger partial charge is 0.216 e. The molecule has 0 aliphatic carbocycles. The number of hydrogen-bond acceptors (Lipinski definition) is 5. The molecule has 9 heteroatoms. The maximum absolute atomic E-state index is 6.04. The molecule has 0 saturated heterocycles. The third-order valence-corrected chi connectivity index (χ3v) is 3.60. The van der Waals surface area contributed by atoms with Gasteiger partial charge >= 0.3 is 0 Å². The Morgan fingerprint density at radius 3 is 2.96 bits per heavy atom. The normalized spacial score (nSPS) is 11.2. The maximum atomic E-state index is 6.04. The van der Waals surface area contributed by atoms with Gasteiger partial charge in [0.05, 0.1) is 11.2 Å². The first-order chi connectivity index (χ1) is 11.1. The van der Waals surface area contributed by atoms with E-state index in [1.54, 1.807) is 30.3 Å². The standard InChI is InChI=1S/C14H10Cl2N4O2S/c15-9-1-4-13(12(16)5-9)21-7-11-3-2-10(22-11)6-18-20-8-17-19-14(20)23/h1-6,8H,7H2,(H,19,23)/b18-6+. The number of nitrogens with one attached hydrogen (secondary N) is 1. The van der Waals surface area contributed by atoms with Gasteiger partial charge in [0.25, 0.3) is 0 Å². The molecule has 1 N–H and O–H groups in total. The van der Waals surface area contributed by atoms with E-state index >= 15 is 0 Å². The van der Waals surface area contributed by atoms with E-state index in [0.29, 0.717) is 32.1 Å². The quantitative estimate of drug-likeness (QED) is 0.538. The van der Waals surface area contributed by atoms with Gasteiger partial charge in [-0.3, -0.25) is 5.10 Å². The van der Waals surface area contributed by atoms with E-state index < -0.39 is 0 Å². The second-order valence-electron chi connectivity index (χ2n) is 4.42. The zero-order valence-corrected chi connectivity index (χ0v) is 13.9. The molecule has 0 aliphatic heterocycles. The van der Waals surface area contributed by atoms with Crippen LogP contribution in [0, 0.1) is 4.77 Å². The number of hydrogen-bond donors (Lipinski definition) is 1. The van der Waals surface area contributed by atoms with Crippen molar-refractivity contribution in [1.29, 1.82) is 0 Å². The number of ether oxygens (including phenoxy) is 1. The van der Waals surface area contributed by atoms with Gasteiger partial charge in [0.2, 0.25) is 4.77 Å². The Hall–Kier alpha value is -2.09. The van der Waals surface area contributed by atoms with Crippen molar-refractivity contribution in [2.75, 3.05) is 0 Å². The average molecular weight is 369 g/mol. The Balaban J connectivity index is 1.64. The van der Waals surface area contributed by atoms with Gasteiger partial charge in [-0.25, -0.2) is 0 Å². The van der Waals surface area contributed by atoms with E-state index in [1.165, 1.54) is 17.2 Å². The minimum Gasteiger partial charge on any atom is -0.484 e. The molecule has 0 aliphatic rings. The molecule has 2 heterocycles. The number of rotatable bonds is 5. The summed E-state index contributed by atoms with van der Waals surface area (Å²) in [6, 6.07) is 8.59. The lowest BCUT2D eigenvalue weighted by Gasteiger charge is -2.06. The van der Waals surface area contributed by atoms with Crippen LogP contribution in [0.5, 0.6) is 5.75 Å². The topological polar surface area (TPSA) is 68.3 Å². The number of aromatic nitrogens is 3. The molecule has 118 valence electrons. The summed E-state index contributed by atoms with van der Waals surface area (Å²) in [6.45, 7) is 0.236. The summed E-state index contributed by atoms with van der Waals surface area (Å²) in [5.41, 5.74) is 0. The highest BCUT2D eigenvalue weighted by Gasteiger charge is 2.05. The summed E-state index contributed by atoms with van der Waals surface area (Å²) in [7, 11) is 0. The van der Waals surface area contributed by atoms with E-state index in [-0.39, 0.29) is 6.61 Å². The zero-order chi connectivity index (χ0) is 16.2. The number of halogens is 2. The van der Waals surface area contributed by atoms with Crippen LogP contribution in [0.15, 0.2) is 46.2 Å². The fraction of sp³-hybridized carbons (Fsp3) is 0.0714. The van der Waals surface area contributed by atoms with Crippen LogP contribution in [0.3, 0.4) is 0 Å². The summed E-state index contributed by atoms with van der Waals surface area (Å²) < 4.78 is 13.0. The highest BCUT2D eigenvalue weighted by Crippen LogP contribution is 2.28. The molecule has 1 aromatic carbocycles. The fourth-order valence-electron chi connectivity index (χ4n) is 1.73. The molecular weight excluding hydrogens is 359 g/mol. The molecule has 6 nitrogen and oxygen atoms in total. The van der Waals surface area contributed by atoms with Gasteiger partial charge in [-0.2, -0.15) is 14.9 Å². The Kier molecular flexibility index (Phi) is 4.80. The zero-order valence-electron chi connectivity index (χ0n) is 11.6. The van der Waals surface area contributed by atoms with Crippen molar-refractivity contribution in [2.24, 2.45) is 5.10 Å². The fourth-order valence-corrected chi connectivity index (χ4v) is 2.34. The van der Waals surface area contributed by atoms with Crippen molar-refractivity contribution in [3.63, 3.8) is 0 Å². The summed E-state index contributed by atoms with van der Waals surface area (Å²) in [6.07, 6.45) is 3.00. The van der Waals surface area contributed by atoms with Crippen LogP contribution in [0.4, 0.5) is 0 Å². The van der Waals surface area contributed by atoms with Crippen molar-refractivity contribution in [2.45, 2.75) is 6.61 Å². The largest absolute Gasteiger partial charge is 0.484 e. The number of benzene rings is 1. The number of H-pyrrole nitrogens is 1. The van der Waals surface area contributed by atoms with Gasteiger partial charge in [0.1, 0.15) is 30.2 Å². The van der Waals surface area contributed by atoms with Crippen LogP contribution in [0.1, 0.15) is 11.5 Å². The predicted molar refractivity (Wildman–Crippen MR) is 89.9 cm³/mol. The minimum absolute atomic E-state index is 0.236. The first-order valence-electron chi connectivity index (χ1n) is 6.45. The third-order valence-electron chi connectivity index (χ3n) is 2.79. The van der Waals surface area contributed by atoms with E-state index in [4.69, 9.17) is 44.6 Å². The van der Waals surface area contributed by atoms with Crippen LogP contribution in [-0.2, 0) is 6.61 Å². The molecular formula is C14H10Cl2N4O2S. The van der Waals surface area contributed by atoms with Crippen LogP contribution >= 0.6 is 35.4 Å². The van der Waals surface area contributed by atoms with Crippen molar-refractivity contribution in [1.82, 2.24) is 14.9 Å². The Bertz CT molecular complexity index is 900. The number of aromatic amines is 1. The molecule has 0 radical (unpaired) electrons. The van der Waals surface area contributed by atoms with Gasteiger partial charge in [0.15, 0.2) is 0 Å². The molecule has 0 atom stereocenters. The van der Waals surface area contributed by atoms with Crippen molar-refractivity contribution in [3.05, 3.63) is 63.0 Å². The Morgan fingerprint density at radius 1 is 1.35 bits per heavy atom. The minimum atomic E-state index is 0.236. The van der Waals surface area contributed by atoms with Crippen molar-refractivity contribution >= 4 is 41.6 Å². The molecule has 23 heavy (non-hydrogen) atoms. The highest BCUT2D eigenvalue weighted by molar-refractivity contribution is 7.71. The highest BCUT2D eigenvalue weighted by atomic mass is 35.5. The Morgan fingerprint density at radius 2 is 2.22 bits per heavy atom. The van der Waals surface area contributed by atoms with Gasteiger partial charge < -0.3 is 9.15 Å². The maximum Gasteiger partial charge on any atom is 0.216 e. The van der Waals surface area contributed by atoms with Crippen LogP contribution in [-0.4, -0.2) is 21.1 Å². The molecule has 0 amide bonds. The van der Waals surface area contributed by atoms with Gasteiger partial charge in [0, 0.05) is 5.02 Å². The van der Waals surface area contributed by atoms with E-state index in [9.17, 15) is 0 Å². The average Bonchev–Trinajstić information content (AvgIpc) is 3.13. The van der Waals surface area contributed by atoms with Gasteiger partial charge in [-0.05, 0) is 42.5 Å². The number of nitrogens with zero attached hydrogens (tertiary/aromatic N) is 3. The van der Waals surface area contributed by atoms with Crippen molar-refractivity contribution < 1.29 is 9.15 Å². The first kappa shape index (κ1) is 15.8. The van der Waals surface area contributed by atoms with Gasteiger partial charge in [-0.1, -0.05) is 23.2 Å². The molecule has 0 bridgehead atoms. The lowest BCUT2D eigenvalue weighted by atomic mass is 10.3. The molecule has 0 fully saturated rings. The summed E-state index contributed by atoms with van der Waals surface area (Å²) in [4.78, 5) is 0. The summed E-state index contributed by atoms with van der Waals surface area (Å²) in [5.74, 6) is 1.73. The lowest BCUT2D eigenvalue weighted by Crippen LogP contribution is -1.94. The number of furan rings is 1. The van der Waals surface area contributed by atoms with E-state index in [1.807, 2.05) is 0 Å². The third kappa shape index (κ3) is 4.01. The van der Waals surface area contributed by atoms with Crippen LogP contribution in [0.25, 0.3) is 0 Å². The van der Waals surface area contributed by atoms with Crippen LogP contribution < -0.4 is 4.74 Å². The van der Waals surface area contributed by atoms with E-state index in [0.717, 1.165) is 0 Å². The molecule has 3 aromatic rings. The van der Waals surface area contributed by atoms with Crippen LogP contribution in [0.2, 0.25) is 10.0 Å². The molecule has 0 saturated carbocycles. The molecule has 0 spiro atoms. The predicted octanol–water partition coefficient (Wildman–Crippen LogP) is 4.30. The van der Waals surface area contributed by atoms with Crippen molar-refractivity contribution in [3.8, 4) is 5.75 Å². The molecule has 3 rings (SSSR count). The molecule has 0 unspecified atom stereocenters. The SMILES string of the molecule is S=c1[nH]ncn1/N=C/c1ccc(COc2ccc(Cl)cc2Cl)o1. The lowest BCUT2D eigenvalue weighted by molar-refractivity contribution is 0.270. The first-order valence-corrected chi connectivity index (χ1v) is 7.61. The Labute approximate surface area is 146 Å².